The third-order valence-electron chi connectivity index (χ3n) is 4.47. The third-order valence-corrected chi connectivity index (χ3v) is 4.47. The van der Waals surface area contributed by atoms with Gasteiger partial charge in [0.15, 0.2) is 0 Å². The van der Waals surface area contributed by atoms with Crippen LogP contribution in [-0.4, -0.2) is 12.6 Å². The van der Waals surface area contributed by atoms with Gasteiger partial charge in [-0.25, -0.2) is 8.78 Å². The minimum absolute atomic E-state index is 0.137. The molecule has 0 spiro atoms. The molecule has 0 saturated carbocycles. The molecule has 0 aliphatic carbocycles. The molecule has 0 amide bonds. The number of rotatable bonds is 5. The number of benzene rings is 2. The number of nitrogens with two attached hydrogens (primary N) is 1. The summed E-state index contributed by atoms with van der Waals surface area (Å²) in [6.07, 6.45) is -0.137. The van der Waals surface area contributed by atoms with Crippen molar-refractivity contribution in [2.75, 3.05) is 6.61 Å². The highest BCUT2D eigenvalue weighted by atomic mass is 19.1. The number of hydrogen-bond donors (Lipinski definition) is 1. The molecule has 0 aliphatic heterocycles. The Morgan fingerprint density at radius 1 is 1.08 bits per heavy atom. The average Bonchev–Trinajstić information content (AvgIpc) is 2.48. The van der Waals surface area contributed by atoms with Crippen LogP contribution in [0.5, 0.6) is 0 Å². The largest absolute Gasteiger partial charge is 0.466 e. The number of carbonyl (C=O) groups excluding carboxylic acids is 1. The van der Waals surface area contributed by atoms with E-state index in [9.17, 15) is 13.6 Å². The number of carbonyl (C=O) groups is 1. The molecule has 1 unspecified atom stereocenters. The summed E-state index contributed by atoms with van der Waals surface area (Å²) < 4.78 is 33.4. The zero-order chi connectivity index (χ0) is 19.6. The van der Waals surface area contributed by atoms with Crippen LogP contribution >= 0.6 is 0 Å². The fraction of sp³-hybridized carbons (Fsp3) is 0.381. The monoisotopic (exact) mass is 361 g/mol. The van der Waals surface area contributed by atoms with Crippen LogP contribution < -0.4 is 5.73 Å². The van der Waals surface area contributed by atoms with Gasteiger partial charge in [-0.05, 0) is 86.7 Å². The second kappa shape index (κ2) is 7.54. The van der Waals surface area contributed by atoms with Gasteiger partial charge in [0.25, 0.3) is 0 Å². The van der Waals surface area contributed by atoms with Gasteiger partial charge in [-0.1, -0.05) is 0 Å². The van der Waals surface area contributed by atoms with Crippen LogP contribution in [0.15, 0.2) is 24.3 Å². The molecule has 0 aromatic heterocycles. The molecule has 2 N–H and O–H groups in total. The second-order valence-corrected chi connectivity index (χ2v) is 6.97. The van der Waals surface area contributed by atoms with E-state index in [1.165, 1.54) is 12.1 Å². The summed E-state index contributed by atoms with van der Waals surface area (Å²) >= 11 is 0. The topological polar surface area (TPSA) is 52.3 Å². The maximum atomic E-state index is 14.8. The van der Waals surface area contributed by atoms with Crippen molar-refractivity contribution in [3.05, 3.63) is 58.2 Å². The van der Waals surface area contributed by atoms with Crippen LogP contribution in [0.25, 0.3) is 11.1 Å². The van der Waals surface area contributed by atoms with Gasteiger partial charge in [-0.3, -0.25) is 4.79 Å². The summed E-state index contributed by atoms with van der Waals surface area (Å²) in [5.74, 6) is -1.23. The molecule has 2 rings (SSSR count). The van der Waals surface area contributed by atoms with Gasteiger partial charge in [0.05, 0.1) is 18.6 Å². The van der Waals surface area contributed by atoms with Crippen molar-refractivity contribution < 1.29 is 18.3 Å². The lowest BCUT2D eigenvalue weighted by atomic mass is 9.84. The second-order valence-electron chi connectivity index (χ2n) is 6.97. The third kappa shape index (κ3) is 4.10. The zero-order valence-corrected chi connectivity index (χ0v) is 15.9. The Bertz CT molecular complexity index is 821. The molecule has 0 bridgehead atoms. The Morgan fingerprint density at radius 2 is 1.65 bits per heavy atom. The van der Waals surface area contributed by atoms with Gasteiger partial charge >= 0.3 is 5.97 Å². The summed E-state index contributed by atoms with van der Waals surface area (Å²) in [7, 11) is 0. The van der Waals surface area contributed by atoms with Gasteiger partial charge in [-0.2, -0.15) is 0 Å². The van der Waals surface area contributed by atoms with Crippen LogP contribution in [0.2, 0.25) is 0 Å². The molecule has 0 saturated heterocycles. The van der Waals surface area contributed by atoms with Crippen LogP contribution in [0.4, 0.5) is 8.78 Å². The zero-order valence-electron chi connectivity index (χ0n) is 15.9. The number of ether oxygens (including phenoxy) is 1. The summed E-state index contributed by atoms with van der Waals surface area (Å²) in [4.78, 5) is 11.9. The van der Waals surface area contributed by atoms with Crippen LogP contribution in [0.1, 0.15) is 42.5 Å². The normalized spacial score (nSPS) is 13.4. The quantitative estimate of drug-likeness (QED) is 0.787. The van der Waals surface area contributed by atoms with E-state index < -0.39 is 17.3 Å². The van der Waals surface area contributed by atoms with Crippen molar-refractivity contribution in [1.82, 2.24) is 0 Å². The number of hydrogen-bond acceptors (Lipinski definition) is 3. The molecule has 0 heterocycles. The molecular weight excluding hydrogens is 336 g/mol. The lowest BCUT2D eigenvalue weighted by Gasteiger charge is -2.26. The van der Waals surface area contributed by atoms with Gasteiger partial charge in [0, 0.05) is 5.56 Å². The number of aryl methyl sites for hydroxylation is 3. The molecule has 2 aromatic carbocycles. The first kappa shape index (κ1) is 20.0. The van der Waals surface area contributed by atoms with Gasteiger partial charge < -0.3 is 10.5 Å². The van der Waals surface area contributed by atoms with Crippen molar-refractivity contribution in [2.24, 2.45) is 5.73 Å². The molecule has 2 aromatic rings. The highest BCUT2D eigenvalue weighted by Gasteiger charge is 2.30. The predicted molar refractivity (Wildman–Crippen MR) is 98.8 cm³/mol. The SMILES string of the molecule is CCOC(=O)CC(C)(N)c1cc(-c2c(C)cc(F)cc2C)cc(C)c1F. The first-order chi connectivity index (χ1) is 12.1. The van der Waals surface area contributed by atoms with E-state index in [4.69, 9.17) is 10.5 Å². The lowest BCUT2D eigenvalue weighted by molar-refractivity contribution is -0.144. The summed E-state index contributed by atoms with van der Waals surface area (Å²) in [5.41, 5.74) is 8.81. The molecule has 3 nitrogen and oxygen atoms in total. The highest BCUT2D eigenvalue weighted by Crippen LogP contribution is 2.35. The molecule has 5 heteroatoms. The van der Waals surface area contributed by atoms with Crippen molar-refractivity contribution in [2.45, 2.75) is 46.6 Å². The standard InChI is InChI=1S/C21H25F2NO2/c1-6-26-18(25)11-21(5,24)17-10-15(7-14(4)20(17)23)19-12(2)8-16(22)9-13(19)3/h7-10H,6,11,24H2,1-5H3. The molecule has 26 heavy (non-hydrogen) atoms. The van der Waals surface area contributed by atoms with Crippen LogP contribution in [0.3, 0.4) is 0 Å². The van der Waals surface area contributed by atoms with E-state index in [1.807, 2.05) is 13.8 Å². The summed E-state index contributed by atoms with van der Waals surface area (Å²) in [6, 6.07) is 6.25. The number of esters is 1. The minimum atomic E-state index is -1.22. The maximum Gasteiger partial charge on any atom is 0.307 e. The molecule has 140 valence electrons. The fourth-order valence-corrected chi connectivity index (χ4v) is 3.30. The van der Waals surface area contributed by atoms with Crippen molar-refractivity contribution in [3.8, 4) is 11.1 Å². The van der Waals surface area contributed by atoms with E-state index in [0.717, 1.165) is 22.3 Å². The average molecular weight is 361 g/mol. The molecular formula is C21H25F2NO2. The van der Waals surface area contributed by atoms with Gasteiger partial charge in [-0.15, -0.1) is 0 Å². The molecule has 0 radical (unpaired) electrons. The summed E-state index contributed by atoms with van der Waals surface area (Å²) in [6.45, 7) is 8.82. The van der Waals surface area contributed by atoms with Gasteiger partial charge in [0.2, 0.25) is 0 Å². The van der Waals surface area contributed by atoms with E-state index in [2.05, 4.69) is 0 Å². The fourth-order valence-electron chi connectivity index (χ4n) is 3.30. The minimum Gasteiger partial charge on any atom is -0.466 e. The van der Waals surface area contributed by atoms with E-state index in [-0.39, 0.29) is 24.4 Å². The van der Waals surface area contributed by atoms with Crippen molar-refractivity contribution in [1.29, 1.82) is 0 Å². The maximum absolute atomic E-state index is 14.8. The van der Waals surface area contributed by atoms with Crippen LogP contribution in [0, 0.1) is 32.4 Å². The van der Waals surface area contributed by atoms with Crippen molar-refractivity contribution in [3.63, 3.8) is 0 Å². The molecule has 1 atom stereocenters. The predicted octanol–water partition coefficient (Wildman–Crippen LogP) is 4.68. The van der Waals surface area contributed by atoms with E-state index >= 15 is 0 Å². The smallest absolute Gasteiger partial charge is 0.307 e. The number of halogens is 2. The first-order valence-corrected chi connectivity index (χ1v) is 8.59. The molecule has 0 fully saturated rings. The Hall–Kier alpha value is -2.27. The Balaban J connectivity index is 2.59. The Kier molecular flexibility index (Phi) is 5.81. The highest BCUT2D eigenvalue weighted by molar-refractivity contribution is 5.74. The lowest BCUT2D eigenvalue weighted by Crippen LogP contribution is -2.37. The Morgan fingerprint density at radius 3 is 2.19 bits per heavy atom. The van der Waals surface area contributed by atoms with Gasteiger partial charge in [0.1, 0.15) is 11.6 Å². The first-order valence-electron chi connectivity index (χ1n) is 8.59. The van der Waals surface area contributed by atoms with Crippen molar-refractivity contribution >= 4 is 5.97 Å². The van der Waals surface area contributed by atoms with Crippen LogP contribution in [-0.2, 0) is 15.1 Å². The van der Waals surface area contributed by atoms with E-state index in [0.29, 0.717) is 5.56 Å². The molecule has 0 aliphatic rings. The Labute approximate surface area is 153 Å². The van der Waals surface area contributed by atoms with E-state index in [1.54, 1.807) is 32.9 Å². The summed E-state index contributed by atoms with van der Waals surface area (Å²) in [5, 5.41) is 0.